The van der Waals surface area contributed by atoms with E-state index in [1.54, 1.807) is 13.2 Å². The first-order chi connectivity index (χ1) is 11.5. The Morgan fingerprint density at radius 1 is 1.25 bits per heavy atom. The molecule has 2 bridgehead atoms. The van der Waals surface area contributed by atoms with Crippen LogP contribution in [-0.4, -0.2) is 70.3 Å². The molecule has 0 radical (unpaired) electrons. The minimum absolute atomic E-state index is 0.252. The number of anilines is 1. The first kappa shape index (κ1) is 15.9. The summed E-state index contributed by atoms with van der Waals surface area (Å²) in [5, 5.41) is 4.34. The highest BCUT2D eigenvalue weighted by atomic mass is 35.5. The molecule has 1 amide bonds. The third-order valence-corrected chi connectivity index (χ3v) is 5.90. The van der Waals surface area contributed by atoms with Gasteiger partial charge in [-0.25, -0.2) is 4.68 Å². The summed E-state index contributed by atoms with van der Waals surface area (Å²) in [6.45, 7) is 4.40. The maximum Gasteiger partial charge on any atom is 0.287 e. The maximum absolute atomic E-state index is 12.0. The molecule has 7 nitrogen and oxygen atoms in total. The Morgan fingerprint density at radius 2 is 2.00 bits per heavy atom. The number of aryl methyl sites for hydroxylation is 1. The van der Waals surface area contributed by atoms with Gasteiger partial charge in [0.05, 0.1) is 11.9 Å². The predicted octanol–water partition coefficient (Wildman–Crippen LogP) is 0.319. The second-order valence-corrected chi connectivity index (χ2v) is 7.32. The highest BCUT2D eigenvalue weighted by Crippen LogP contribution is 2.35. The van der Waals surface area contributed by atoms with Gasteiger partial charge in [-0.1, -0.05) is 11.6 Å². The summed E-state index contributed by atoms with van der Waals surface area (Å²) in [6.07, 6.45) is 4.56. The molecule has 4 aliphatic rings. The molecule has 4 saturated heterocycles. The zero-order valence-electron chi connectivity index (χ0n) is 13.8. The van der Waals surface area contributed by atoms with E-state index in [2.05, 4.69) is 14.9 Å². The first-order valence-corrected chi connectivity index (χ1v) is 8.92. The summed E-state index contributed by atoms with van der Waals surface area (Å²) in [5.74, 6) is 0.292. The molecule has 4 fully saturated rings. The summed E-state index contributed by atoms with van der Waals surface area (Å²) in [4.78, 5) is 30.3. The number of amides is 1. The topological polar surface area (TPSA) is 61.7 Å². The molecule has 0 aromatic carbocycles. The van der Waals surface area contributed by atoms with Crippen molar-refractivity contribution in [3.05, 3.63) is 21.6 Å². The quantitative estimate of drug-likeness (QED) is 0.781. The molecule has 0 N–H and O–H groups in total. The second kappa shape index (κ2) is 6.04. The maximum atomic E-state index is 12.0. The molecule has 4 aliphatic heterocycles. The SMILES string of the molecule is Cn1ncc(N2CC3CC(C2)N3CCN2CCCC2=O)c(Cl)c1=O. The highest BCUT2D eigenvalue weighted by molar-refractivity contribution is 6.33. The van der Waals surface area contributed by atoms with Crippen molar-refractivity contribution >= 4 is 23.2 Å². The molecule has 5 heterocycles. The van der Waals surface area contributed by atoms with Crippen LogP contribution < -0.4 is 10.5 Å². The van der Waals surface area contributed by atoms with Gasteiger partial charge in [0.2, 0.25) is 5.91 Å². The lowest BCUT2D eigenvalue weighted by atomic mass is 9.87. The average Bonchev–Trinajstić information content (AvgIpc) is 2.98. The molecule has 130 valence electrons. The van der Waals surface area contributed by atoms with E-state index in [1.165, 1.54) is 11.1 Å². The zero-order valence-corrected chi connectivity index (χ0v) is 14.6. The molecule has 2 atom stereocenters. The normalized spacial score (nSPS) is 26.8. The van der Waals surface area contributed by atoms with E-state index in [0.29, 0.717) is 24.4 Å². The highest BCUT2D eigenvalue weighted by Gasteiger charge is 2.45. The van der Waals surface area contributed by atoms with Crippen molar-refractivity contribution in [2.45, 2.75) is 31.3 Å². The van der Waals surface area contributed by atoms with Crippen molar-refractivity contribution in [1.82, 2.24) is 19.6 Å². The number of likely N-dealkylation sites (tertiary alicyclic amines) is 1. The number of nitrogens with zero attached hydrogens (tertiary/aromatic N) is 5. The van der Waals surface area contributed by atoms with Gasteiger partial charge in [-0.15, -0.1) is 0 Å². The number of halogens is 1. The van der Waals surface area contributed by atoms with Gasteiger partial charge in [-0.05, 0) is 12.8 Å². The van der Waals surface area contributed by atoms with Crippen molar-refractivity contribution in [3.63, 3.8) is 0 Å². The van der Waals surface area contributed by atoms with Crippen LogP contribution in [0, 0.1) is 0 Å². The number of fused-ring (bicyclic) bond motifs is 2. The number of carbonyl (C=O) groups excluding carboxylic acids is 1. The fourth-order valence-corrected chi connectivity index (χ4v) is 4.44. The Labute approximate surface area is 145 Å². The summed E-state index contributed by atoms with van der Waals surface area (Å²) in [6, 6.07) is 0.947. The fraction of sp³-hybridized carbons (Fsp3) is 0.688. The number of hydrogen-bond donors (Lipinski definition) is 0. The van der Waals surface area contributed by atoms with Crippen LogP contribution in [0.2, 0.25) is 5.02 Å². The second-order valence-electron chi connectivity index (χ2n) is 6.94. The van der Waals surface area contributed by atoms with Crippen LogP contribution in [0.4, 0.5) is 5.69 Å². The van der Waals surface area contributed by atoms with E-state index in [-0.39, 0.29) is 10.6 Å². The molecule has 8 heteroatoms. The van der Waals surface area contributed by atoms with Crippen LogP contribution in [0.25, 0.3) is 0 Å². The van der Waals surface area contributed by atoms with Crippen LogP contribution in [-0.2, 0) is 11.8 Å². The van der Waals surface area contributed by atoms with E-state index in [9.17, 15) is 9.59 Å². The van der Waals surface area contributed by atoms with E-state index >= 15 is 0 Å². The molecule has 0 aliphatic carbocycles. The smallest absolute Gasteiger partial charge is 0.287 e. The lowest BCUT2D eigenvalue weighted by Gasteiger charge is -2.57. The first-order valence-electron chi connectivity index (χ1n) is 8.55. The van der Waals surface area contributed by atoms with Crippen molar-refractivity contribution < 1.29 is 4.79 Å². The average molecular weight is 352 g/mol. The molecular weight excluding hydrogens is 330 g/mol. The minimum Gasteiger partial charge on any atom is -0.366 e. The fourth-order valence-electron chi connectivity index (χ4n) is 4.15. The van der Waals surface area contributed by atoms with Crippen molar-refractivity contribution in [2.24, 2.45) is 7.05 Å². The summed E-state index contributed by atoms with van der Waals surface area (Å²) >= 11 is 6.22. The number of rotatable bonds is 4. The van der Waals surface area contributed by atoms with Crippen LogP contribution in [0.3, 0.4) is 0 Å². The van der Waals surface area contributed by atoms with Crippen molar-refractivity contribution in [2.75, 3.05) is 37.6 Å². The van der Waals surface area contributed by atoms with Gasteiger partial charge < -0.3 is 9.80 Å². The van der Waals surface area contributed by atoms with E-state index in [4.69, 9.17) is 11.6 Å². The Hall–Kier alpha value is -1.60. The van der Waals surface area contributed by atoms with E-state index in [0.717, 1.165) is 44.8 Å². The summed E-state index contributed by atoms with van der Waals surface area (Å²) in [7, 11) is 1.60. The van der Waals surface area contributed by atoms with Crippen molar-refractivity contribution in [1.29, 1.82) is 0 Å². The van der Waals surface area contributed by atoms with Crippen molar-refractivity contribution in [3.8, 4) is 0 Å². The van der Waals surface area contributed by atoms with Gasteiger partial charge in [-0.3, -0.25) is 14.5 Å². The van der Waals surface area contributed by atoms with Gasteiger partial charge in [0.25, 0.3) is 5.56 Å². The Morgan fingerprint density at radius 3 is 2.67 bits per heavy atom. The number of carbonyl (C=O) groups is 1. The van der Waals surface area contributed by atoms with Gasteiger partial charge in [-0.2, -0.15) is 5.10 Å². The van der Waals surface area contributed by atoms with E-state index in [1.807, 2.05) is 4.90 Å². The summed E-state index contributed by atoms with van der Waals surface area (Å²) in [5.41, 5.74) is 0.488. The van der Waals surface area contributed by atoms with Crippen LogP contribution in [0.5, 0.6) is 0 Å². The Balaban J connectivity index is 1.39. The third-order valence-electron chi connectivity index (χ3n) is 5.54. The van der Waals surface area contributed by atoms with Gasteiger partial charge in [0, 0.05) is 58.3 Å². The zero-order chi connectivity index (χ0) is 16.8. The molecule has 0 spiro atoms. The number of piperazine rings is 1. The standard InChI is InChI=1S/C16H22ClN5O2/c1-19-16(24)15(17)13(8-18-19)21-9-11-7-12(10-21)22(11)6-5-20-4-2-3-14(20)23/h8,11-12H,2-7,9-10H2,1H3. The monoisotopic (exact) mass is 351 g/mol. The number of hydrogen-bond acceptors (Lipinski definition) is 5. The van der Waals surface area contributed by atoms with Gasteiger partial charge in [0.1, 0.15) is 5.02 Å². The molecule has 24 heavy (non-hydrogen) atoms. The molecule has 1 aromatic rings. The van der Waals surface area contributed by atoms with Gasteiger partial charge in [0.15, 0.2) is 0 Å². The Bertz CT molecular complexity index is 709. The molecule has 5 rings (SSSR count). The van der Waals surface area contributed by atoms with Crippen LogP contribution in [0.1, 0.15) is 19.3 Å². The third kappa shape index (κ3) is 2.59. The van der Waals surface area contributed by atoms with Crippen LogP contribution >= 0.6 is 11.6 Å². The molecule has 0 saturated carbocycles. The lowest BCUT2D eigenvalue weighted by molar-refractivity contribution is -0.128. The lowest BCUT2D eigenvalue weighted by Crippen LogP contribution is -2.69. The minimum atomic E-state index is -0.252. The summed E-state index contributed by atoms with van der Waals surface area (Å²) < 4.78 is 1.26. The molecular formula is C16H22ClN5O2. The van der Waals surface area contributed by atoms with Crippen LogP contribution in [0.15, 0.2) is 11.0 Å². The number of aromatic nitrogens is 2. The molecule has 2 unspecified atom stereocenters. The predicted molar refractivity (Wildman–Crippen MR) is 91.4 cm³/mol. The van der Waals surface area contributed by atoms with Gasteiger partial charge >= 0.3 is 0 Å². The van der Waals surface area contributed by atoms with E-state index < -0.39 is 0 Å². The largest absolute Gasteiger partial charge is 0.366 e. The molecule has 1 aromatic heterocycles. The Kier molecular flexibility index (Phi) is 4.00. The number of piperidine rings is 1.